The third kappa shape index (κ3) is 6.50. The lowest BCUT2D eigenvalue weighted by Crippen LogP contribution is -2.57. The van der Waals surface area contributed by atoms with Crippen LogP contribution in [0.2, 0.25) is 0 Å². The maximum Gasteiger partial charge on any atom is 0.410 e. The number of benzene rings is 1. The fourth-order valence-corrected chi connectivity index (χ4v) is 3.15. The molecule has 1 N–H and O–H groups in total. The van der Waals surface area contributed by atoms with Crippen molar-refractivity contribution in [3.05, 3.63) is 35.9 Å². The minimum atomic E-state index is -0.555. The molecule has 1 amide bonds. The molecule has 27 heavy (non-hydrogen) atoms. The average Bonchev–Trinajstić information content (AvgIpc) is 2.69. The van der Waals surface area contributed by atoms with Gasteiger partial charge in [-0.15, -0.1) is 0 Å². The van der Waals surface area contributed by atoms with Gasteiger partial charge in [-0.05, 0) is 18.4 Å². The molecule has 1 aliphatic heterocycles. The predicted octanol–water partition coefficient (Wildman–Crippen LogP) is 1.70. The second kappa shape index (κ2) is 10.9. The lowest BCUT2D eigenvalue weighted by Gasteiger charge is -2.43. The molecule has 0 radical (unpaired) electrons. The number of hydrogen-bond donors (Lipinski definition) is 1. The highest BCUT2D eigenvalue weighted by molar-refractivity contribution is 5.69. The molecule has 150 valence electrons. The third-order valence-corrected chi connectivity index (χ3v) is 4.38. The van der Waals surface area contributed by atoms with Crippen LogP contribution in [0.15, 0.2) is 30.3 Å². The number of ether oxygens (including phenoxy) is 4. The number of aliphatic hydroxyl groups excluding tert-OH is 1. The van der Waals surface area contributed by atoms with E-state index in [9.17, 15) is 14.7 Å². The maximum absolute atomic E-state index is 12.7. The van der Waals surface area contributed by atoms with E-state index >= 15 is 0 Å². The molecule has 0 unspecified atom stereocenters. The monoisotopic (exact) mass is 381 g/mol. The highest BCUT2D eigenvalue weighted by atomic mass is 16.7. The molecule has 1 aromatic carbocycles. The minimum Gasteiger partial charge on any atom is -0.464 e. The Hall–Kier alpha value is -2.16. The zero-order valence-corrected chi connectivity index (χ0v) is 15.7. The number of carbonyl (C=O) groups excluding carboxylic acids is 2. The van der Waals surface area contributed by atoms with Crippen molar-refractivity contribution in [3.63, 3.8) is 0 Å². The van der Waals surface area contributed by atoms with Crippen molar-refractivity contribution in [1.29, 1.82) is 0 Å². The van der Waals surface area contributed by atoms with E-state index in [2.05, 4.69) is 0 Å². The van der Waals surface area contributed by atoms with E-state index in [1.54, 1.807) is 0 Å². The number of amides is 1. The number of esters is 1. The molecule has 8 nitrogen and oxygen atoms in total. The molecule has 0 spiro atoms. The lowest BCUT2D eigenvalue weighted by molar-refractivity contribution is -0.147. The van der Waals surface area contributed by atoms with Gasteiger partial charge in [0.05, 0.1) is 24.8 Å². The van der Waals surface area contributed by atoms with Gasteiger partial charge in [0, 0.05) is 14.0 Å². The first kappa shape index (κ1) is 21.1. The Bertz CT molecular complexity index is 595. The SMILES string of the molecule is COCO[C@H]1C[C@@H](COC(C)=O)N(C(=O)OCc2ccccc2)[C@@H](CO)C1. The number of aliphatic hydroxyl groups is 1. The molecule has 0 aliphatic carbocycles. The van der Waals surface area contributed by atoms with Gasteiger partial charge < -0.3 is 24.1 Å². The van der Waals surface area contributed by atoms with Gasteiger partial charge in [0.2, 0.25) is 0 Å². The van der Waals surface area contributed by atoms with Gasteiger partial charge in [-0.2, -0.15) is 0 Å². The zero-order chi connectivity index (χ0) is 19.6. The van der Waals surface area contributed by atoms with Gasteiger partial charge in [-0.1, -0.05) is 30.3 Å². The van der Waals surface area contributed by atoms with Gasteiger partial charge in [-0.25, -0.2) is 4.79 Å². The molecule has 0 bridgehead atoms. The molecule has 0 aromatic heterocycles. The molecule has 1 heterocycles. The Morgan fingerprint density at radius 3 is 2.48 bits per heavy atom. The van der Waals surface area contributed by atoms with Crippen molar-refractivity contribution in [2.24, 2.45) is 0 Å². The number of hydrogen-bond acceptors (Lipinski definition) is 7. The Morgan fingerprint density at radius 2 is 1.85 bits per heavy atom. The molecule has 2 rings (SSSR count). The van der Waals surface area contributed by atoms with Crippen LogP contribution in [0.5, 0.6) is 0 Å². The number of nitrogens with zero attached hydrogens (tertiary/aromatic N) is 1. The summed E-state index contributed by atoms with van der Waals surface area (Å²) >= 11 is 0. The average molecular weight is 381 g/mol. The lowest BCUT2D eigenvalue weighted by atomic mass is 9.94. The van der Waals surface area contributed by atoms with E-state index < -0.39 is 24.1 Å². The molecule has 3 atom stereocenters. The smallest absolute Gasteiger partial charge is 0.410 e. The molecule has 1 aromatic rings. The van der Waals surface area contributed by atoms with Crippen molar-refractivity contribution < 1.29 is 33.6 Å². The van der Waals surface area contributed by atoms with Crippen LogP contribution in [0.25, 0.3) is 0 Å². The molecule has 8 heteroatoms. The number of rotatable bonds is 8. The summed E-state index contributed by atoms with van der Waals surface area (Å²) < 4.78 is 21.1. The van der Waals surface area contributed by atoms with E-state index in [0.29, 0.717) is 12.8 Å². The zero-order valence-electron chi connectivity index (χ0n) is 15.7. The second-order valence-electron chi connectivity index (χ2n) is 6.41. The third-order valence-electron chi connectivity index (χ3n) is 4.38. The topological polar surface area (TPSA) is 94.5 Å². The summed E-state index contributed by atoms with van der Waals surface area (Å²) in [6.07, 6.45) is 0.117. The van der Waals surface area contributed by atoms with Gasteiger partial charge in [0.25, 0.3) is 0 Å². The second-order valence-corrected chi connectivity index (χ2v) is 6.41. The summed E-state index contributed by atoms with van der Waals surface area (Å²) in [7, 11) is 1.52. The van der Waals surface area contributed by atoms with Crippen molar-refractivity contribution in [3.8, 4) is 0 Å². The molecule has 1 saturated heterocycles. The highest BCUT2D eigenvalue weighted by Crippen LogP contribution is 2.27. The molecule has 1 fully saturated rings. The van der Waals surface area contributed by atoms with Crippen LogP contribution in [0.4, 0.5) is 4.79 Å². The van der Waals surface area contributed by atoms with Crippen LogP contribution >= 0.6 is 0 Å². The Balaban J connectivity index is 2.07. The van der Waals surface area contributed by atoms with Crippen molar-refractivity contribution in [2.75, 3.05) is 27.1 Å². The van der Waals surface area contributed by atoms with Crippen LogP contribution in [-0.2, 0) is 30.3 Å². The molecular weight excluding hydrogens is 354 g/mol. The van der Waals surface area contributed by atoms with Crippen LogP contribution in [-0.4, -0.2) is 67.4 Å². The van der Waals surface area contributed by atoms with Gasteiger partial charge in [0.1, 0.15) is 20.0 Å². The highest BCUT2D eigenvalue weighted by Gasteiger charge is 2.40. The summed E-state index contributed by atoms with van der Waals surface area (Å²) in [5.41, 5.74) is 0.862. The van der Waals surface area contributed by atoms with E-state index in [-0.39, 0.29) is 32.7 Å². The Morgan fingerprint density at radius 1 is 1.15 bits per heavy atom. The van der Waals surface area contributed by atoms with Crippen molar-refractivity contribution in [1.82, 2.24) is 4.90 Å². The fourth-order valence-electron chi connectivity index (χ4n) is 3.15. The standard InChI is InChI=1S/C19H27NO7/c1-14(22)25-12-17-9-18(27-13-24-2)8-16(10-21)20(17)19(23)26-11-15-6-4-3-5-7-15/h3-7,16-18,21H,8-13H2,1-2H3/t16-,17+,18-/m1/s1. The summed E-state index contributed by atoms with van der Waals surface area (Å²) in [4.78, 5) is 25.4. The van der Waals surface area contributed by atoms with E-state index in [4.69, 9.17) is 18.9 Å². The fraction of sp³-hybridized carbons (Fsp3) is 0.579. The number of piperidine rings is 1. The largest absolute Gasteiger partial charge is 0.464 e. The van der Waals surface area contributed by atoms with Gasteiger partial charge in [-0.3, -0.25) is 9.69 Å². The van der Waals surface area contributed by atoms with Gasteiger partial charge >= 0.3 is 12.1 Å². The van der Waals surface area contributed by atoms with Crippen LogP contribution in [0.3, 0.4) is 0 Å². The van der Waals surface area contributed by atoms with E-state index in [0.717, 1.165) is 5.56 Å². The normalized spacial score (nSPS) is 22.3. The number of carbonyl (C=O) groups is 2. The Kier molecular flexibility index (Phi) is 8.50. The molecule has 0 saturated carbocycles. The van der Waals surface area contributed by atoms with Crippen molar-refractivity contribution >= 4 is 12.1 Å². The summed E-state index contributed by atoms with van der Waals surface area (Å²) in [6.45, 7) is 1.31. The van der Waals surface area contributed by atoms with Crippen LogP contribution in [0.1, 0.15) is 25.3 Å². The molecular formula is C19H27NO7. The Labute approximate surface area is 159 Å². The van der Waals surface area contributed by atoms with E-state index in [1.165, 1.54) is 18.9 Å². The first-order chi connectivity index (χ1) is 13.0. The van der Waals surface area contributed by atoms with E-state index in [1.807, 2.05) is 30.3 Å². The maximum atomic E-state index is 12.7. The minimum absolute atomic E-state index is 0.0130. The first-order valence-corrected chi connectivity index (χ1v) is 8.89. The number of methoxy groups -OCH3 is 1. The first-order valence-electron chi connectivity index (χ1n) is 8.89. The number of likely N-dealkylation sites (tertiary alicyclic amines) is 1. The quantitative estimate of drug-likeness (QED) is 0.541. The van der Waals surface area contributed by atoms with Crippen LogP contribution < -0.4 is 0 Å². The summed E-state index contributed by atoms with van der Waals surface area (Å²) in [5.74, 6) is -0.437. The predicted molar refractivity (Wildman–Crippen MR) is 95.7 cm³/mol. The molecule has 1 aliphatic rings. The summed E-state index contributed by atoms with van der Waals surface area (Å²) in [6, 6.07) is 8.38. The van der Waals surface area contributed by atoms with Crippen LogP contribution in [0, 0.1) is 0 Å². The van der Waals surface area contributed by atoms with Crippen molar-refractivity contribution in [2.45, 2.75) is 44.6 Å². The van der Waals surface area contributed by atoms with Gasteiger partial charge in [0.15, 0.2) is 0 Å². The summed E-state index contributed by atoms with van der Waals surface area (Å²) in [5, 5.41) is 9.79.